The molecule has 0 fully saturated rings. The van der Waals surface area contributed by atoms with Crippen LogP contribution in [-0.2, 0) is 28.6 Å². The summed E-state index contributed by atoms with van der Waals surface area (Å²) in [5.41, 5.74) is 0. The summed E-state index contributed by atoms with van der Waals surface area (Å²) >= 11 is 0. The van der Waals surface area contributed by atoms with Crippen molar-refractivity contribution in [2.24, 2.45) is 0 Å². The van der Waals surface area contributed by atoms with E-state index in [0.29, 0.717) is 19.3 Å². The van der Waals surface area contributed by atoms with Gasteiger partial charge in [-0.1, -0.05) is 167 Å². The highest BCUT2D eigenvalue weighted by molar-refractivity contribution is 5.72. The first-order chi connectivity index (χ1) is 31.1. The molecule has 0 spiro atoms. The van der Waals surface area contributed by atoms with E-state index in [9.17, 15) is 19.5 Å². The molecule has 1 N–H and O–H groups in total. The molecule has 0 heterocycles. The number of hydrogen-bond acceptors (Lipinski definition) is 6. The van der Waals surface area contributed by atoms with Gasteiger partial charge in [0.15, 0.2) is 12.1 Å². The molecule has 2 atom stereocenters. The van der Waals surface area contributed by atoms with E-state index < -0.39 is 18.1 Å². The minimum Gasteiger partial charge on any atom is -0.477 e. The molecule has 0 radical (unpaired) electrons. The average molecular weight is 889 g/mol. The number of rotatable bonds is 42. The number of ether oxygens (including phenoxy) is 3. The van der Waals surface area contributed by atoms with Gasteiger partial charge < -0.3 is 23.8 Å². The quantitative estimate of drug-likeness (QED) is 0.0282. The third kappa shape index (κ3) is 43.0. The molecule has 0 aromatic carbocycles. The fourth-order valence-corrected chi connectivity index (χ4v) is 6.33. The van der Waals surface area contributed by atoms with Gasteiger partial charge in [-0.15, -0.1) is 0 Å². The molecule has 0 saturated carbocycles. The van der Waals surface area contributed by atoms with Crippen molar-refractivity contribution in [3.8, 4) is 0 Å². The lowest BCUT2D eigenvalue weighted by Gasteiger charge is -2.31. The van der Waals surface area contributed by atoms with E-state index in [0.717, 1.165) is 70.6 Å². The third-order valence-electron chi connectivity index (χ3n) is 10.1. The molecule has 2 unspecified atom stereocenters. The van der Waals surface area contributed by atoms with Crippen LogP contribution in [-0.4, -0.2) is 80.6 Å². The standard InChI is InChI=1S/C56H89NO7/c1-6-8-10-12-14-16-18-20-22-24-25-26-27-28-29-31-33-35-37-39-41-43-45-47-55(59)64-52(50-62-49-48-53(56(60)61)57(3,4)5)51-63-54(58)46-44-42-40-38-36-34-32-30-23-21-19-17-15-13-11-9-7-2/h8,10,14,16,20-23,25-26,28-29,32-35,38-41,52-53H,6-7,9,11-13,15,17-19,24,27,30-31,36-37,42-51H2,1-5H3/p+1/b10-8+,16-14+,22-20+,23-21+,26-25+,29-28+,34-32+,35-33+,40-38+,41-39+. The largest absolute Gasteiger partial charge is 0.477 e. The molecule has 0 aliphatic heterocycles. The highest BCUT2D eigenvalue weighted by Crippen LogP contribution is 2.11. The molecule has 0 rings (SSSR count). The number of carboxylic acids is 1. The van der Waals surface area contributed by atoms with Gasteiger partial charge in [0.1, 0.15) is 6.61 Å². The number of allylic oxidation sites excluding steroid dienone is 20. The number of nitrogens with zero attached hydrogens (tertiary/aromatic N) is 1. The maximum absolute atomic E-state index is 12.8. The Morgan fingerprint density at radius 1 is 0.484 bits per heavy atom. The van der Waals surface area contributed by atoms with E-state index in [2.05, 4.69) is 135 Å². The van der Waals surface area contributed by atoms with E-state index >= 15 is 0 Å². The van der Waals surface area contributed by atoms with Crippen molar-refractivity contribution in [3.05, 3.63) is 122 Å². The number of esters is 2. The Hall–Kier alpha value is -4.27. The first-order valence-corrected chi connectivity index (χ1v) is 24.6. The van der Waals surface area contributed by atoms with Crippen LogP contribution >= 0.6 is 0 Å². The topological polar surface area (TPSA) is 99.1 Å². The summed E-state index contributed by atoms with van der Waals surface area (Å²) in [6.07, 6.45) is 64.1. The monoisotopic (exact) mass is 889 g/mol. The maximum atomic E-state index is 12.8. The zero-order valence-corrected chi connectivity index (χ0v) is 40.9. The second-order valence-electron chi connectivity index (χ2n) is 17.0. The smallest absolute Gasteiger partial charge is 0.362 e. The van der Waals surface area contributed by atoms with Crippen LogP contribution in [0, 0.1) is 0 Å². The van der Waals surface area contributed by atoms with Crippen LogP contribution in [0.4, 0.5) is 0 Å². The van der Waals surface area contributed by atoms with Crippen LogP contribution in [0.2, 0.25) is 0 Å². The summed E-state index contributed by atoms with van der Waals surface area (Å²) < 4.78 is 17.2. The molecule has 0 aromatic heterocycles. The van der Waals surface area contributed by atoms with E-state index in [1.807, 2.05) is 21.1 Å². The van der Waals surface area contributed by atoms with Crippen molar-refractivity contribution in [3.63, 3.8) is 0 Å². The van der Waals surface area contributed by atoms with Crippen molar-refractivity contribution < 1.29 is 38.2 Å². The number of aliphatic carboxylic acids is 1. The number of unbranched alkanes of at least 4 members (excludes halogenated alkanes) is 8. The summed E-state index contributed by atoms with van der Waals surface area (Å²) in [5, 5.41) is 9.64. The fraction of sp³-hybridized carbons (Fsp3) is 0.589. The van der Waals surface area contributed by atoms with Gasteiger partial charge in [0, 0.05) is 19.3 Å². The van der Waals surface area contributed by atoms with Crippen LogP contribution in [0.1, 0.15) is 162 Å². The van der Waals surface area contributed by atoms with Crippen molar-refractivity contribution in [1.82, 2.24) is 0 Å². The number of quaternary nitrogens is 1. The van der Waals surface area contributed by atoms with Crippen molar-refractivity contribution >= 4 is 17.9 Å². The second kappa shape index (κ2) is 45.3. The van der Waals surface area contributed by atoms with Crippen molar-refractivity contribution in [2.45, 2.75) is 174 Å². The zero-order chi connectivity index (χ0) is 47.0. The Morgan fingerprint density at radius 2 is 0.875 bits per heavy atom. The van der Waals surface area contributed by atoms with Crippen LogP contribution in [0.15, 0.2) is 122 Å². The average Bonchev–Trinajstić information content (AvgIpc) is 3.26. The summed E-state index contributed by atoms with van der Waals surface area (Å²) in [5.74, 6) is -1.63. The molecule has 8 nitrogen and oxygen atoms in total. The maximum Gasteiger partial charge on any atom is 0.362 e. The second-order valence-corrected chi connectivity index (χ2v) is 17.0. The predicted molar refractivity (Wildman–Crippen MR) is 270 cm³/mol. The van der Waals surface area contributed by atoms with Crippen molar-refractivity contribution in [2.75, 3.05) is 41.0 Å². The van der Waals surface area contributed by atoms with Gasteiger partial charge in [-0.2, -0.15) is 0 Å². The normalized spacial score (nSPS) is 14.0. The van der Waals surface area contributed by atoms with Gasteiger partial charge in [0.25, 0.3) is 0 Å². The highest BCUT2D eigenvalue weighted by atomic mass is 16.6. The molecule has 0 amide bonds. The fourth-order valence-electron chi connectivity index (χ4n) is 6.33. The molecule has 0 saturated heterocycles. The molecule has 8 heteroatoms. The molecular formula is C56H90NO7+. The number of carboxylic acid groups (broad SMARTS) is 1. The molecule has 0 aliphatic carbocycles. The Morgan fingerprint density at radius 3 is 1.30 bits per heavy atom. The van der Waals surface area contributed by atoms with E-state index in [1.165, 1.54) is 44.9 Å². The van der Waals surface area contributed by atoms with E-state index in [1.54, 1.807) is 0 Å². The first-order valence-electron chi connectivity index (χ1n) is 24.6. The Bertz CT molecular complexity index is 1450. The molecule has 0 aliphatic rings. The Kier molecular flexibility index (Phi) is 42.3. The summed E-state index contributed by atoms with van der Waals surface area (Å²) in [6.45, 7) is 4.48. The summed E-state index contributed by atoms with van der Waals surface area (Å²) in [4.78, 5) is 37.1. The summed E-state index contributed by atoms with van der Waals surface area (Å²) in [6, 6.07) is -0.641. The number of likely N-dealkylation sites (N-methyl/N-ethyl adjacent to an activating group) is 1. The van der Waals surface area contributed by atoms with Gasteiger partial charge in [-0.05, 0) is 96.3 Å². The lowest BCUT2D eigenvalue weighted by atomic mass is 10.1. The van der Waals surface area contributed by atoms with Gasteiger partial charge >= 0.3 is 17.9 Å². The first kappa shape index (κ1) is 59.7. The predicted octanol–water partition coefficient (Wildman–Crippen LogP) is 14.2. The van der Waals surface area contributed by atoms with Gasteiger partial charge in [0.05, 0.1) is 34.4 Å². The molecule has 0 bridgehead atoms. The van der Waals surface area contributed by atoms with Gasteiger partial charge in [-0.25, -0.2) is 4.79 Å². The lowest BCUT2D eigenvalue weighted by molar-refractivity contribution is -0.887. The molecule has 0 aromatic rings. The van der Waals surface area contributed by atoms with Gasteiger partial charge in [-0.3, -0.25) is 9.59 Å². The Balaban J connectivity index is 4.50. The van der Waals surface area contributed by atoms with E-state index in [4.69, 9.17) is 14.2 Å². The van der Waals surface area contributed by atoms with Crippen molar-refractivity contribution in [1.29, 1.82) is 0 Å². The third-order valence-corrected chi connectivity index (χ3v) is 10.1. The highest BCUT2D eigenvalue weighted by Gasteiger charge is 2.31. The Labute approximate surface area is 391 Å². The van der Waals surface area contributed by atoms with Gasteiger partial charge in [0.2, 0.25) is 0 Å². The SMILES string of the molecule is CC/C=C/C/C=C/C/C=C/C/C=C/C/C=C/C/C=C/C/C=C/CCCC(=O)OC(COCCC(C(=O)O)[N+](C)(C)C)COC(=O)CCC/C=C/C/C=C/C/C=C/CCCCCCCC. The van der Waals surface area contributed by atoms with Crippen LogP contribution in [0.3, 0.4) is 0 Å². The summed E-state index contributed by atoms with van der Waals surface area (Å²) in [7, 11) is 5.48. The van der Waals surface area contributed by atoms with Crippen LogP contribution in [0.25, 0.3) is 0 Å². The molecule has 64 heavy (non-hydrogen) atoms. The minimum absolute atomic E-state index is 0.0134. The minimum atomic E-state index is -0.896. The van der Waals surface area contributed by atoms with E-state index in [-0.39, 0.29) is 49.1 Å². The molecular weight excluding hydrogens is 799 g/mol. The number of carbonyl (C=O) groups is 3. The molecule has 360 valence electrons. The lowest BCUT2D eigenvalue weighted by Crippen LogP contribution is -2.50. The van der Waals surface area contributed by atoms with Crippen LogP contribution < -0.4 is 0 Å². The van der Waals surface area contributed by atoms with Crippen LogP contribution in [0.5, 0.6) is 0 Å². The zero-order valence-electron chi connectivity index (χ0n) is 40.9. The number of hydrogen-bond donors (Lipinski definition) is 1. The number of carbonyl (C=O) groups excluding carboxylic acids is 2.